The fourth-order valence-corrected chi connectivity index (χ4v) is 6.90. The predicted octanol–water partition coefficient (Wildman–Crippen LogP) is 7.33. The Morgan fingerprint density at radius 1 is 0.957 bits per heavy atom. The van der Waals surface area contributed by atoms with Gasteiger partial charge in [0, 0.05) is 36.6 Å². The summed E-state index contributed by atoms with van der Waals surface area (Å²) < 4.78 is 50.6. The topological polar surface area (TPSA) is 89.0 Å². The largest absolute Gasteiger partial charge is 0.494 e. The molecule has 0 aliphatic rings. The number of hydrogen-bond acceptors (Lipinski definition) is 5. The van der Waals surface area contributed by atoms with Crippen molar-refractivity contribution < 1.29 is 22.7 Å². The zero-order chi connectivity index (χ0) is 32.3. The smallest absolute Gasteiger partial charge is 0.235 e. The van der Waals surface area contributed by atoms with Gasteiger partial charge in [-0.2, -0.15) is 0 Å². The number of aromatic hydroxyl groups is 1. The molecule has 6 aromatic rings. The molecular weight excluding hydrogens is 603 g/mol. The third-order valence-corrected chi connectivity index (χ3v) is 9.74. The van der Waals surface area contributed by atoms with Crippen LogP contribution in [0.3, 0.4) is 0 Å². The molecule has 0 atom stereocenters. The zero-order valence-electron chi connectivity index (χ0n) is 25.0. The molecule has 0 saturated heterocycles. The van der Waals surface area contributed by atoms with Crippen molar-refractivity contribution in [1.29, 1.82) is 0 Å². The Hall–Kier alpha value is -5.40. The number of aromatic nitrogens is 2. The average molecular weight is 635 g/mol. The monoisotopic (exact) mass is 634 g/mol. The van der Waals surface area contributed by atoms with Crippen LogP contribution in [0, 0.1) is 12.4 Å². The van der Waals surface area contributed by atoms with E-state index < -0.39 is 16.1 Å². The lowest BCUT2D eigenvalue weighted by Gasteiger charge is -2.25. The third-order valence-electron chi connectivity index (χ3n) is 7.92. The molecule has 0 saturated carbocycles. The number of anilines is 1. The Morgan fingerprint density at radius 2 is 1.61 bits per heavy atom. The highest BCUT2D eigenvalue weighted by Crippen LogP contribution is 2.49. The van der Waals surface area contributed by atoms with Gasteiger partial charge in [0.2, 0.25) is 22.4 Å². The lowest BCUT2D eigenvalue weighted by Crippen LogP contribution is -2.29. The molecular formula is C36H31FN4O4S. The molecule has 4 aromatic carbocycles. The fraction of sp³-hybridized carbons (Fsp3) is 0.167. The first-order chi connectivity index (χ1) is 22.3. The molecule has 0 fully saturated rings. The Labute approximate surface area is 266 Å². The van der Waals surface area contributed by atoms with Gasteiger partial charge in [-0.15, -0.1) is 0 Å². The number of rotatable bonds is 11. The van der Waals surface area contributed by atoms with Crippen LogP contribution < -0.4 is 9.04 Å². The summed E-state index contributed by atoms with van der Waals surface area (Å²) in [5.41, 5.74) is 3.19. The van der Waals surface area contributed by atoms with E-state index >= 15 is 0 Å². The lowest BCUT2D eigenvalue weighted by molar-refractivity contribution is 0.252. The van der Waals surface area contributed by atoms with Crippen LogP contribution in [0.2, 0.25) is 0 Å². The Bertz CT molecular complexity index is 2110. The van der Waals surface area contributed by atoms with Crippen LogP contribution in [0.1, 0.15) is 29.2 Å². The normalized spacial score (nSPS) is 11.6. The number of halogens is 1. The summed E-state index contributed by atoms with van der Waals surface area (Å²) in [4.78, 5) is 7.97. The van der Waals surface area contributed by atoms with E-state index in [0.29, 0.717) is 33.1 Å². The fourth-order valence-electron chi connectivity index (χ4n) is 5.65. The van der Waals surface area contributed by atoms with Gasteiger partial charge in [0.05, 0.1) is 23.4 Å². The van der Waals surface area contributed by atoms with Crippen LogP contribution in [0.15, 0.2) is 109 Å². The second-order valence-corrected chi connectivity index (χ2v) is 13.0. The predicted molar refractivity (Wildman–Crippen MR) is 178 cm³/mol. The van der Waals surface area contributed by atoms with Gasteiger partial charge in [0.15, 0.2) is 5.75 Å². The van der Waals surface area contributed by atoms with E-state index in [-0.39, 0.29) is 37.0 Å². The molecule has 0 bridgehead atoms. The molecule has 0 amide bonds. The Balaban J connectivity index is 1.61. The third kappa shape index (κ3) is 5.97. The first-order valence-electron chi connectivity index (χ1n) is 14.7. The Morgan fingerprint density at radius 3 is 2.24 bits per heavy atom. The van der Waals surface area contributed by atoms with Crippen molar-refractivity contribution in [3.8, 4) is 11.6 Å². The molecule has 6 rings (SSSR count). The van der Waals surface area contributed by atoms with Gasteiger partial charge in [-0.25, -0.2) is 19.4 Å². The highest BCUT2D eigenvalue weighted by Gasteiger charge is 2.30. The van der Waals surface area contributed by atoms with Gasteiger partial charge in [-0.05, 0) is 41.0 Å². The van der Waals surface area contributed by atoms with E-state index in [0.717, 1.165) is 16.7 Å². The number of fused-ring (bicyclic) bond motifs is 2. The molecule has 8 nitrogen and oxygen atoms in total. The number of hydrogen-bond donors (Lipinski definition) is 1. The van der Waals surface area contributed by atoms with Crippen LogP contribution in [0.25, 0.3) is 26.5 Å². The van der Waals surface area contributed by atoms with Crippen molar-refractivity contribution in [1.82, 2.24) is 9.55 Å². The quantitative estimate of drug-likeness (QED) is 0.119. The highest BCUT2D eigenvalue weighted by atomic mass is 32.2. The number of nitrogens with zero attached hydrogens (tertiary/aromatic N) is 4. The molecule has 232 valence electrons. The van der Waals surface area contributed by atoms with E-state index in [1.165, 1.54) is 23.5 Å². The maximum absolute atomic E-state index is 13.7. The summed E-state index contributed by atoms with van der Waals surface area (Å²) in [5, 5.41) is 13.1. The van der Waals surface area contributed by atoms with Crippen LogP contribution in [0.4, 0.5) is 10.1 Å². The molecule has 0 aliphatic carbocycles. The summed E-state index contributed by atoms with van der Waals surface area (Å²) in [7, 11) is -2.40. The average Bonchev–Trinajstić information content (AvgIpc) is 3.39. The van der Waals surface area contributed by atoms with Crippen LogP contribution in [0.5, 0.6) is 11.6 Å². The SMILES string of the molecule is [C-]#[N+]CCCS(=O)(=O)N(C)c1c2cccnc2c(OC(c2ccccc2)c2ccccc2)c2c(O)n(Cc3ccc(F)cc3)cc12. The Kier molecular flexibility index (Phi) is 8.59. The van der Waals surface area contributed by atoms with Crippen molar-refractivity contribution in [2.24, 2.45) is 0 Å². The highest BCUT2D eigenvalue weighted by molar-refractivity contribution is 7.92. The van der Waals surface area contributed by atoms with Crippen LogP contribution in [-0.4, -0.2) is 42.4 Å². The number of benzene rings is 4. The van der Waals surface area contributed by atoms with Crippen molar-refractivity contribution in [2.45, 2.75) is 19.1 Å². The van der Waals surface area contributed by atoms with Crippen molar-refractivity contribution in [3.05, 3.63) is 143 Å². The molecule has 0 spiro atoms. The molecule has 2 heterocycles. The molecule has 1 N–H and O–H groups in total. The molecule has 2 aromatic heterocycles. The molecule has 0 radical (unpaired) electrons. The maximum atomic E-state index is 13.7. The molecule has 0 aliphatic heterocycles. The maximum Gasteiger partial charge on any atom is 0.235 e. The van der Waals surface area contributed by atoms with Gasteiger partial charge in [-0.3, -0.25) is 9.29 Å². The number of ether oxygens (including phenoxy) is 1. The van der Waals surface area contributed by atoms with Gasteiger partial charge in [0.1, 0.15) is 17.4 Å². The number of sulfonamides is 1. The van der Waals surface area contributed by atoms with E-state index in [2.05, 4.69) is 9.83 Å². The standard InChI is InChI=1S/C36H31FN4O4S/c1-38-20-10-22-46(43,44)40(2)33-29-15-9-21-39-32(29)35(45-34(26-11-5-3-6-12-26)27-13-7-4-8-14-27)31-30(33)24-41(36(31)42)23-25-16-18-28(37)19-17-25/h3-9,11-19,21,24,34,42H,10,20,22-23H2,2H3. The summed E-state index contributed by atoms with van der Waals surface area (Å²) in [5.74, 6) is -0.457. The van der Waals surface area contributed by atoms with Gasteiger partial charge in [0.25, 0.3) is 0 Å². The van der Waals surface area contributed by atoms with Crippen LogP contribution >= 0.6 is 0 Å². The summed E-state index contributed by atoms with van der Waals surface area (Å²) in [6.45, 7) is 7.35. The lowest BCUT2D eigenvalue weighted by atomic mass is 10.0. The van der Waals surface area contributed by atoms with E-state index in [9.17, 15) is 17.9 Å². The first kappa shape index (κ1) is 30.6. The van der Waals surface area contributed by atoms with Gasteiger partial charge >= 0.3 is 0 Å². The van der Waals surface area contributed by atoms with E-state index in [1.807, 2.05) is 60.7 Å². The van der Waals surface area contributed by atoms with Gasteiger partial charge < -0.3 is 19.3 Å². The zero-order valence-corrected chi connectivity index (χ0v) is 25.9. The van der Waals surface area contributed by atoms with E-state index in [1.54, 1.807) is 41.2 Å². The molecule has 0 unspecified atom stereocenters. The van der Waals surface area contributed by atoms with Crippen molar-refractivity contribution in [2.75, 3.05) is 23.7 Å². The second-order valence-electron chi connectivity index (χ2n) is 10.9. The minimum absolute atomic E-state index is 0.0900. The first-order valence-corrected chi connectivity index (χ1v) is 16.3. The van der Waals surface area contributed by atoms with Gasteiger partial charge in [-0.1, -0.05) is 72.8 Å². The van der Waals surface area contributed by atoms with E-state index in [4.69, 9.17) is 11.3 Å². The summed E-state index contributed by atoms with van der Waals surface area (Å²) >= 11 is 0. The molecule has 10 heteroatoms. The number of pyridine rings is 1. The summed E-state index contributed by atoms with van der Waals surface area (Å²) in [6.07, 6.45) is 2.88. The molecule has 46 heavy (non-hydrogen) atoms. The minimum atomic E-state index is -3.87. The van der Waals surface area contributed by atoms with Crippen molar-refractivity contribution in [3.63, 3.8) is 0 Å². The van der Waals surface area contributed by atoms with Crippen LogP contribution in [-0.2, 0) is 16.6 Å². The van der Waals surface area contributed by atoms with Crippen molar-refractivity contribution >= 4 is 37.4 Å². The summed E-state index contributed by atoms with van der Waals surface area (Å²) in [6, 6.07) is 28.8. The minimum Gasteiger partial charge on any atom is -0.494 e. The second kappa shape index (κ2) is 12.9.